The number of piperidine rings is 1. The average molecular weight is 181 g/mol. The SMILES string of the molecule is CN1CCC(C(=O)NCC#N)CC1. The molecule has 72 valence electrons. The van der Waals surface area contributed by atoms with E-state index in [0.717, 1.165) is 25.9 Å². The lowest BCUT2D eigenvalue weighted by Gasteiger charge is -2.27. The van der Waals surface area contributed by atoms with Gasteiger partial charge in [-0.25, -0.2) is 0 Å². The van der Waals surface area contributed by atoms with Gasteiger partial charge in [0.05, 0.1) is 6.07 Å². The topological polar surface area (TPSA) is 56.1 Å². The van der Waals surface area contributed by atoms with Crippen molar-refractivity contribution < 1.29 is 4.79 Å². The first-order valence-corrected chi connectivity index (χ1v) is 4.57. The van der Waals surface area contributed by atoms with Gasteiger partial charge in [-0.3, -0.25) is 4.79 Å². The summed E-state index contributed by atoms with van der Waals surface area (Å²) in [5.41, 5.74) is 0. The molecule has 1 fully saturated rings. The number of rotatable bonds is 2. The lowest BCUT2D eigenvalue weighted by Crippen LogP contribution is -2.39. The summed E-state index contributed by atoms with van der Waals surface area (Å²) in [4.78, 5) is 13.6. The molecule has 0 aromatic rings. The number of nitrogens with one attached hydrogen (secondary N) is 1. The molecule has 0 aromatic carbocycles. The Bertz CT molecular complexity index is 213. The van der Waals surface area contributed by atoms with Crippen LogP contribution in [0.15, 0.2) is 0 Å². The molecule has 0 radical (unpaired) electrons. The zero-order valence-corrected chi connectivity index (χ0v) is 7.92. The third-order valence-corrected chi connectivity index (χ3v) is 2.43. The van der Waals surface area contributed by atoms with E-state index < -0.39 is 0 Å². The molecule has 0 aliphatic carbocycles. The minimum atomic E-state index is 0.0367. The van der Waals surface area contributed by atoms with Crippen LogP contribution in [0.5, 0.6) is 0 Å². The van der Waals surface area contributed by atoms with Gasteiger partial charge in [-0.15, -0.1) is 0 Å². The Morgan fingerprint density at radius 2 is 2.23 bits per heavy atom. The standard InChI is InChI=1S/C9H15N3O/c1-12-6-2-8(3-7-12)9(13)11-5-4-10/h8H,2-3,5-7H2,1H3,(H,11,13). The zero-order valence-electron chi connectivity index (χ0n) is 7.92. The smallest absolute Gasteiger partial charge is 0.224 e. The molecule has 1 heterocycles. The second-order valence-electron chi connectivity index (χ2n) is 3.45. The maximum Gasteiger partial charge on any atom is 0.224 e. The Kier molecular flexibility index (Phi) is 3.71. The van der Waals surface area contributed by atoms with E-state index >= 15 is 0 Å². The number of carbonyl (C=O) groups excluding carboxylic acids is 1. The minimum absolute atomic E-state index is 0.0367. The highest BCUT2D eigenvalue weighted by molar-refractivity contribution is 5.78. The summed E-state index contributed by atoms with van der Waals surface area (Å²) in [6.45, 7) is 2.08. The number of carbonyl (C=O) groups is 1. The molecule has 0 bridgehead atoms. The Morgan fingerprint density at radius 3 is 2.77 bits per heavy atom. The monoisotopic (exact) mass is 181 g/mol. The van der Waals surface area contributed by atoms with Gasteiger partial charge < -0.3 is 10.2 Å². The summed E-state index contributed by atoms with van der Waals surface area (Å²) in [6, 6.07) is 1.90. The number of hydrogen-bond donors (Lipinski definition) is 1. The van der Waals surface area contributed by atoms with E-state index in [-0.39, 0.29) is 18.4 Å². The lowest BCUT2D eigenvalue weighted by molar-refractivity contribution is -0.126. The first kappa shape index (κ1) is 10.0. The fourth-order valence-electron chi connectivity index (χ4n) is 1.54. The Labute approximate surface area is 78.5 Å². The van der Waals surface area contributed by atoms with E-state index in [0.29, 0.717) is 0 Å². The van der Waals surface area contributed by atoms with Crippen LogP contribution >= 0.6 is 0 Å². The predicted octanol–water partition coefficient (Wildman–Crippen LogP) is -0.0320. The molecule has 1 aliphatic heterocycles. The third-order valence-electron chi connectivity index (χ3n) is 2.43. The van der Waals surface area contributed by atoms with Crippen LogP contribution in [0, 0.1) is 17.2 Å². The van der Waals surface area contributed by atoms with Crippen molar-refractivity contribution in [2.75, 3.05) is 26.7 Å². The summed E-state index contributed by atoms with van der Waals surface area (Å²) in [6.07, 6.45) is 1.82. The highest BCUT2D eigenvalue weighted by Gasteiger charge is 2.22. The van der Waals surface area contributed by atoms with Crippen LogP contribution in [-0.4, -0.2) is 37.5 Å². The zero-order chi connectivity index (χ0) is 9.68. The molecule has 4 heteroatoms. The summed E-state index contributed by atoms with van der Waals surface area (Å²) in [7, 11) is 2.06. The Morgan fingerprint density at radius 1 is 1.62 bits per heavy atom. The minimum Gasteiger partial charge on any atom is -0.343 e. The molecule has 1 rings (SSSR count). The molecule has 0 atom stereocenters. The molecule has 1 saturated heterocycles. The van der Waals surface area contributed by atoms with E-state index in [1.54, 1.807) is 0 Å². The third kappa shape index (κ3) is 3.03. The molecule has 1 N–H and O–H groups in total. The lowest BCUT2D eigenvalue weighted by atomic mass is 9.96. The fourth-order valence-corrected chi connectivity index (χ4v) is 1.54. The van der Waals surface area contributed by atoms with Gasteiger partial charge in [0, 0.05) is 5.92 Å². The van der Waals surface area contributed by atoms with Crippen LogP contribution in [0.3, 0.4) is 0 Å². The van der Waals surface area contributed by atoms with Crippen molar-refractivity contribution in [2.24, 2.45) is 5.92 Å². The van der Waals surface area contributed by atoms with Gasteiger partial charge in [-0.1, -0.05) is 0 Å². The van der Waals surface area contributed by atoms with Crippen molar-refractivity contribution in [2.45, 2.75) is 12.8 Å². The van der Waals surface area contributed by atoms with Crippen molar-refractivity contribution in [3.63, 3.8) is 0 Å². The second kappa shape index (κ2) is 4.83. The Hall–Kier alpha value is -1.08. The molecule has 4 nitrogen and oxygen atoms in total. The highest BCUT2D eigenvalue weighted by Crippen LogP contribution is 2.15. The van der Waals surface area contributed by atoms with Crippen LogP contribution in [0.2, 0.25) is 0 Å². The highest BCUT2D eigenvalue weighted by atomic mass is 16.1. The van der Waals surface area contributed by atoms with Gasteiger partial charge in [0.1, 0.15) is 6.54 Å². The summed E-state index contributed by atoms with van der Waals surface area (Å²) < 4.78 is 0. The van der Waals surface area contributed by atoms with Gasteiger partial charge in [0.2, 0.25) is 5.91 Å². The summed E-state index contributed by atoms with van der Waals surface area (Å²) >= 11 is 0. The summed E-state index contributed by atoms with van der Waals surface area (Å²) in [5.74, 6) is 0.152. The molecular weight excluding hydrogens is 166 g/mol. The van der Waals surface area contributed by atoms with Crippen LogP contribution in [-0.2, 0) is 4.79 Å². The van der Waals surface area contributed by atoms with E-state index in [1.165, 1.54) is 0 Å². The van der Waals surface area contributed by atoms with Gasteiger partial charge in [0.25, 0.3) is 0 Å². The van der Waals surface area contributed by atoms with Crippen LogP contribution in [0.1, 0.15) is 12.8 Å². The van der Waals surface area contributed by atoms with Gasteiger partial charge in [-0.2, -0.15) is 5.26 Å². The van der Waals surface area contributed by atoms with Gasteiger partial charge in [-0.05, 0) is 33.0 Å². The molecule has 0 spiro atoms. The Balaban J connectivity index is 2.28. The van der Waals surface area contributed by atoms with Crippen molar-refractivity contribution in [1.29, 1.82) is 5.26 Å². The molecular formula is C9H15N3O. The van der Waals surface area contributed by atoms with E-state index in [9.17, 15) is 4.79 Å². The number of nitrogens with zero attached hydrogens (tertiary/aromatic N) is 2. The number of likely N-dealkylation sites (tertiary alicyclic amines) is 1. The largest absolute Gasteiger partial charge is 0.343 e. The van der Waals surface area contributed by atoms with Gasteiger partial charge in [0.15, 0.2) is 0 Å². The first-order chi connectivity index (χ1) is 6.24. The maximum atomic E-state index is 11.4. The van der Waals surface area contributed by atoms with E-state index in [2.05, 4.69) is 17.3 Å². The van der Waals surface area contributed by atoms with Crippen molar-refractivity contribution in [1.82, 2.24) is 10.2 Å². The van der Waals surface area contributed by atoms with Gasteiger partial charge >= 0.3 is 0 Å². The average Bonchev–Trinajstić information content (AvgIpc) is 2.15. The van der Waals surface area contributed by atoms with Crippen molar-refractivity contribution >= 4 is 5.91 Å². The molecule has 0 aromatic heterocycles. The normalized spacial score (nSPS) is 19.4. The molecule has 1 aliphatic rings. The maximum absolute atomic E-state index is 11.4. The summed E-state index contributed by atoms with van der Waals surface area (Å²) in [5, 5.41) is 10.9. The predicted molar refractivity (Wildman–Crippen MR) is 48.8 cm³/mol. The van der Waals surface area contributed by atoms with E-state index in [4.69, 9.17) is 5.26 Å². The number of amides is 1. The number of hydrogen-bond acceptors (Lipinski definition) is 3. The molecule has 13 heavy (non-hydrogen) atoms. The van der Waals surface area contributed by atoms with Crippen LogP contribution in [0.25, 0.3) is 0 Å². The molecule has 1 amide bonds. The first-order valence-electron chi connectivity index (χ1n) is 4.57. The van der Waals surface area contributed by atoms with E-state index in [1.807, 2.05) is 6.07 Å². The quantitative estimate of drug-likeness (QED) is 0.608. The fraction of sp³-hybridized carbons (Fsp3) is 0.778. The van der Waals surface area contributed by atoms with Crippen molar-refractivity contribution in [3.8, 4) is 6.07 Å². The van der Waals surface area contributed by atoms with Crippen LogP contribution < -0.4 is 5.32 Å². The van der Waals surface area contributed by atoms with Crippen LogP contribution in [0.4, 0.5) is 0 Å². The number of nitriles is 1. The molecule has 0 unspecified atom stereocenters. The second-order valence-corrected chi connectivity index (χ2v) is 3.45. The van der Waals surface area contributed by atoms with Crippen molar-refractivity contribution in [3.05, 3.63) is 0 Å². The molecule has 0 saturated carbocycles.